The zero-order valence-corrected chi connectivity index (χ0v) is 6.40. The van der Waals surface area contributed by atoms with Crippen LogP contribution in [0.4, 0.5) is 0 Å². The predicted octanol–water partition coefficient (Wildman–Crippen LogP) is -1.04. The molecule has 0 aliphatic heterocycles. The molecule has 6 nitrogen and oxygen atoms in total. The van der Waals surface area contributed by atoms with Gasteiger partial charge in [0.15, 0.2) is 0 Å². The number of rotatable bonds is 3. The van der Waals surface area contributed by atoms with Crippen LogP contribution in [-0.2, 0) is 24.2 Å². The fraction of sp³-hybridized carbons (Fsp3) is 0.500. The summed E-state index contributed by atoms with van der Waals surface area (Å²) in [5.41, 5.74) is 0. The fourth-order valence-electron chi connectivity index (χ4n) is 0.347. The molecule has 0 aromatic rings. The highest BCUT2D eigenvalue weighted by Crippen LogP contribution is 1.88. The van der Waals surface area contributed by atoms with Crippen LogP contribution >= 0.6 is 0 Å². The maximum Gasteiger partial charge on any atom is 0.421 e. The van der Waals surface area contributed by atoms with E-state index >= 15 is 0 Å². The number of hydrogen-bond donors (Lipinski definition) is 1. The lowest BCUT2D eigenvalue weighted by molar-refractivity contribution is -0.255. The Bertz CT molecular complexity index is 196. The number of aliphatic hydroxyl groups excluding tert-OH is 1. The molecule has 0 rings (SSSR count). The maximum atomic E-state index is 10.5. The van der Waals surface area contributed by atoms with Gasteiger partial charge in [0.2, 0.25) is 5.78 Å². The molecule has 0 radical (unpaired) electrons. The third-order valence-corrected chi connectivity index (χ3v) is 0.801. The predicted molar refractivity (Wildman–Crippen MR) is 34.6 cm³/mol. The van der Waals surface area contributed by atoms with E-state index in [1.54, 1.807) is 0 Å². The van der Waals surface area contributed by atoms with Crippen molar-refractivity contribution in [3.05, 3.63) is 0 Å². The summed E-state index contributed by atoms with van der Waals surface area (Å²) in [6.45, 7) is 0.567. The van der Waals surface area contributed by atoms with Crippen molar-refractivity contribution in [3.8, 4) is 0 Å². The van der Waals surface area contributed by atoms with E-state index in [1.807, 2.05) is 0 Å². The molecule has 0 saturated carbocycles. The summed E-state index contributed by atoms with van der Waals surface area (Å²) in [4.78, 5) is 38.6. The number of Topliss-reactive ketones (excluding diaryl/α,β-unsaturated/α-hetero) is 1. The molecule has 0 aliphatic rings. The summed E-state index contributed by atoms with van der Waals surface area (Å²) in [5, 5.41) is 8.23. The van der Waals surface area contributed by atoms with Crippen LogP contribution in [0.1, 0.15) is 13.3 Å². The highest BCUT2D eigenvalue weighted by Gasteiger charge is 2.16. The molecular formula is C6H8O6. The Morgan fingerprint density at radius 2 is 1.83 bits per heavy atom. The second kappa shape index (κ2) is 5.25. The minimum Gasteiger partial charge on any atom is -0.396 e. The molecule has 0 aromatic carbocycles. The Morgan fingerprint density at radius 3 is 2.25 bits per heavy atom. The largest absolute Gasteiger partial charge is 0.421 e. The molecule has 0 heterocycles. The van der Waals surface area contributed by atoms with Crippen LogP contribution < -0.4 is 0 Å². The first-order chi connectivity index (χ1) is 5.57. The van der Waals surface area contributed by atoms with Crippen LogP contribution in [0.3, 0.4) is 0 Å². The number of hydrogen-bond acceptors (Lipinski definition) is 6. The van der Waals surface area contributed by atoms with E-state index in [1.165, 1.54) is 0 Å². The fourth-order valence-corrected chi connectivity index (χ4v) is 0.347. The molecule has 0 aliphatic carbocycles. The van der Waals surface area contributed by atoms with Crippen molar-refractivity contribution in [2.45, 2.75) is 13.3 Å². The van der Waals surface area contributed by atoms with Crippen LogP contribution in [0.2, 0.25) is 0 Å². The monoisotopic (exact) mass is 176 g/mol. The average Bonchev–Trinajstić information content (AvgIpc) is 2.00. The minimum atomic E-state index is -1.29. The third-order valence-electron chi connectivity index (χ3n) is 0.801. The van der Waals surface area contributed by atoms with Gasteiger partial charge < -0.3 is 5.11 Å². The van der Waals surface area contributed by atoms with Crippen molar-refractivity contribution in [2.75, 3.05) is 6.61 Å². The highest BCUT2D eigenvalue weighted by atomic mass is 17.2. The van der Waals surface area contributed by atoms with Crippen LogP contribution in [0.25, 0.3) is 0 Å². The molecule has 68 valence electrons. The molecule has 0 aromatic heterocycles. The topological polar surface area (TPSA) is 89.9 Å². The lowest BCUT2D eigenvalue weighted by Crippen LogP contribution is -2.19. The van der Waals surface area contributed by atoms with Crippen LogP contribution in [0, 0.1) is 0 Å². The van der Waals surface area contributed by atoms with Crippen LogP contribution in [0.5, 0.6) is 0 Å². The molecule has 6 heteroatoms. The van der Waals surface area contributed by atoms with Crippen LogP contribution in [-0.4, -0.2) is 29.4 Å². The van der Waals surface area contributed by atoms with Gasteiger partial charge in [-0.3, -0.25) is 4.79 Å². The van der Waals surface area contributed by atoms with E-state index in [0.717, 1.165) is 6.92 Å². The summed E-state index contributed by atoms with van der Waals surface area (Å²) >= 11 is 0. The normalized spacial score (nSPS) is 8.83. The first-order valence-corrected chi connectivity index (χ1v) is 3.11. The van der Waals surface area contributed by atoms with Gasteiger partial charge in [-0.05, 0) is 0 Å². The first-order valence-electron chi connectivity index (χ1n) is 3.11. The van der Waals surface area contributed by atoms with Gasteiger partial charge in [0.25, 0.3) is 0 Å². The van der Waals surface area contributed by atoms with E-state index in [9.17, 15) is 14.4 Å². The van der Waals surface area contributed by atoms with Crippen molar-refractivity contribution in [2.24, 2.45) is 0 Å². The summed E-state index contributed by atoms with van der Waals surface area (Å²) in [5.74, 6) is -3.07. The first kappa shape index (κ1) is 10.6. The van der Waals surface area contributed by atoms with Gasteiger partial charge in [-0.1, -0.05) is 0 Å². The highest BCUT2D eigenvalue weighted by molar-refractivity contribution is 6.33. The van der Waals surface area contributed by atoms with Crippen molar-refractivity contribution in [1.82, 2.24) is 0 Å². The molecule has 0 bridgehead atoms. The lowest BCUT2D eigenvalue weighted by atomic mass is 10.3. The quantitative estimate of drug-likeness (QED) is 0.335. The summed E-state index contributed by atoms with van der Waals surface area (Å²) < 4.78 is 0. The van der Waals surface area contributed by atoms with E-state index < -0.39 is 24.3 Å². The Hall–Kier alpha value is -1.43. The van der Waals surface area contributed by atoms with E-state index in [4.69, 9.17) is 5.11 Å². The van der Waals surface area contributed by atoms with Gasteiger partial charge in [-0.25, -0.2) is 19.4 Å². The average molecular weight is 176 g/mol. The standard InChI is InChI=1S/C6H8O6/c1-4(8)11-12-6(10)5(9)2-3-7/h7H,2-3H2,1H3. The SMILES string of the molecule is CC(=O)OOC(=O)C(=O)CCO. The second-order valence-corrected chi connectivity index (χ2v) is 1.84. The summed E-state index contributed by atoms with van der Waals surface area (Å²) in [7, 11) is 0. The Labute approximate surface area is 68.0 Å². The zero-order chi connectivity index (χ0) is 9.56. The smallest absolute Gasteiger partial charge is 0.396 e. The van der Waals surface area contributed by atoms with Gasteiger partial charge in [0, 0.05) is 13.3 Å². The van der Waals surface area contributed by atoms with E-state index in [-0.39, 0.29) is 6.42 Å². The van der Waals surface area contributed by atoms with Gasteiger partial charge in [-0.2, -0.15) is 0 Å². The molecule has 12 heavy (non-hydrogen) atoms. The van der Waals surface area contributed by atoms with Gasteiger partial charge in [-0.15, -0.1) is 0 Å². The van der Waals surface area contributed by atoms with Crippen molar-refractivity contribution < 1.29 is 29.3 Å². The van der Waals surface area contributed by atoms with Gasteiger partial charge in [0.1, 0.15) is 0 Å². The molecule has 0 saturated heterocycles. The molecule has 0 fully saturated rings. The number of ketones is 1. The van der Waals surface area contributed by atoms with Crippen LogP contribution in [0.15, 0.2) is 0 Å². The molecule has 0 spiro atoms. The third kappa shape index (κ3) is 4.40. The van der Waals surface area contributed by atoms with E-state index in [0.29, 0.717) is 0 Å². The number of carbonyl (C=O) groups excluding carboxylic acids is 3. The molecule has 0 atom stereocenters. The van der Waals surface area contributed by atoms with Crippen molar-refractivity contribution in [3.63, 3.8) is 0 Å². The zero-order valence-electron chi connectivity index (χ0n) is 6.40. The van der Waals surface area contributed by atoms with Gasteiger partial charge >= 0.3 is 11.9 Å². The number of aliphatic hydroxyl groups is 1. The minimum absolute atomic E-state index is 0.347. The second-order valence-electron chi connectivity index (χ2n) is 1.84. The lowest BCUT2D eigenvalue weighted by Gasteiger charge is -1.97. The number of carbonyl (C=O) groups is 3. The molecular weight excluding hydrogens is 168 g/mol. The van der Waals surface area contributed by atoms with Crippen molar-refractivity contribution in [1.29, 1.82) is 0 Å². The molecule has 0 amide bonds. The Kier molecular flexibility index (Phi) is 4.62. The molecule has 1 N–H and O–H groups in total. The Balaban J connectivity index is 3.72. The summed E-state index contributed by atoms with van der Waals surface area (Å²) in [6, 6.07) is 0. The maximum absolute atomic E-state index is 10.5. The van der Waals surface area contributed by atoms with Gasteiger partial charge in [0.05, 0.1) is 6.61 Å². The van der Waals surface area contributed by atoms with Crippen molar-refractivity contribution >= 4 is 17.7 Å². The Morgan fingerprint density at radius 1 is 1.25 bits per heavy atom. The molecule has 0 unspecified atom stereocenters. The summed E-state index contributed by atoms with van der Waals surface area (Å²) in [6.07, 6.45) is -0.347. The van der Waals surface area contributed by atoms with E-state index in [2.05, 4.69) is 9.78 Å².